The number of hydrogen-bond acceptors (Lipinski definition) is 5. The lowest BCUT2D eigenvalue weighted by atomic mass is 11.1. The van der Waals surface area contributed by atoms with Gasteiger partial charge >= 0.3 is 0 Å². The standard InChI is InChI=1S/C4H6O.2H3N.H2O4S/c1-3-5-4-2;;;1-5(2,3)4/h3-4H,1-2H2;2*1H3;(H2,1,2,3,4). The summed E-state index contributed by atoms with van der Waals surface area (Å²) in [4.78, 5) is 0. The largest absolute Gasteiger partial charge is 0.759 e. The van der Waals surface area contributed by atoms with E-state index in [4.69, 9.17) is 17.5 Å². The van der Waals surface area contributed by atoms with Gasteiger partial charge in [0.2, 0.25) is 0 Å². The van der Waals surface area contributed by atoms with Crippen molar-refractivity contribution in [1.29, 1.82) is 0 Å². The van der Waals surface area contributed by atoms with E-state index in [-0.39, 0.29) is 12.3 Å². The Balaban J connectivity index is -0.0000000457. The van der Waals surface area contributed by atoms with Crippen molar-refractivity contribution in [3.63, 3.8) is 0 Å². The molecule has 0 saturated heterocycles. The van der Waals surface area contributed by atoms with Crippen LogP contribution in [0.4, 0.5) is 0 Å². The fourth-order valence-corrected chi connectivity index (χ4v) is 0.0680. The molecule has 0 aromatic heterocycles. The minimum atomic E-state index is -5.17. The molecule has 0 heterocycles. The van der Waals surface area contributed by atoms with Crippen molar-refractivity contribution in [3.8, 4) is 0 Å². The Bertz CT molecular complexity index is 174. The van der Waals surface area contributed by atoms with Gasteiger partial charge in [-0.25, -0.2) is 0 Å². The minimum Gasteiger partial charge on any atom is -0.759 e. The van der Waals surface area contributed by atoms with Crippen LogP contribution in [-0.4, -0.2) is 17.5 Å². The third-order valence-corrected chi connectivity index (χ3v) is 0.192. The molecular weight excluding hydrogens is 188 g/mol. The molecule has 7 nitrogen and oxygen atoms in total. The Labute approximate surface area is 71.5 Å². The Morgan fingerprint density at radius 2 is 1.25 bits per heavy atom. The zero-order valence-corrected chi connectivity index (χ0v) is 7.83. The molecule has 0 aromatic carbocycles. The van der Waals surface area contributed by atoms with Gasteiger partial charge < -0.3 is 26.1 Å². The highest BCUT2D eigenvalue weighted by atomic mass is 32.3. The van der Waals surface area contributed by atoms with Crippen molar-refractivity contribution in [1.82, 2.24) is 12.3 Å². The number of hydrogen-bond donors (Lipinski definition) is 2. The molecule has 0 unspecified atom stereocenters. The first kappa shape index (κ1) is 22.5. The van der Waals surface area contributed by atoms with Gasteiger partial charge in [-0.1, -0.05) is 13.2 Å². The molecule has 12 heavy (non-hydrogen) atoms. The molecule has 8 heteroatoms. The summed E-state index contributed by atoms with van der Waals surface area (Å²) < 4.78 is 38.4. The van der Waals surface area contributed by atoms with E-state index in [9.17, 15) is 0 Å². The van der Waals surface area contributed by atoms with Gasteiger partial charge in [-0.2, -0.15) is 0 Å². The molecule has 0 saturated carbocycles. The predicted octanol–water partition coefficient (Wildman–Crippen LogP) is 0.704. The van der Waals surface area contributed by atoms with Gasteiger partial charge in [-0.3, -0.25) is 8.42 Å². The lowest BCUT2D eigenvalue weighted by Crippen LogP contribution is -1.91. The predicted molar refractivity (Wildman–Crippen MR) is 43.9 cm³/mol. The lowest BCUT2D eigenvalue weighted by molar-refractivity contribution is 0.352. The molecule has 0 fully saturated rings. The van der Waals surface area contributed by atoms with Crippen LogP contribution in [0.25, 0.3) is 0 Å². The molecule has 0 spiro atoms. The summed E-state index contributed by atoms with van der Waals surface area (Å²) >= 11 is 0. The smallest absolute Gasteiger partial charge is 0.0829 e. The third-order valence-electron chi connectivity index (χ3n) is 0.192. The fraction of sp³-hybridized carbons (Fsp3) is 0. The average molecular weight is 202 g/mol. The van der Waals surface area contributed by atoms with Crippen molar-refractivity contribution in [3.05, 3.63) is 25.7 Å². The molecule has 76 valence electrons. The van der Waals surface area contributed by atoms with Gasteiger partial charge in [0, 0.05) is 10.4 Å². The molecule has 0 aromatic rings. The molecule has 0 amide bonds. The molecule has 0 rings (SSSR count). The second-order valence-electron chi connectivity index (χ2n) is 0.878. The van der Waals surface area contributed by atoms with Crippen LogP contribution in [-0.2, 0) is 15.1 Å². The van der Waals surface area contributed by atoms with Gasteiger partial charge in [-0.15, -0.1) is 0 Å². The number of ether oxygens (including phenoxy) is 1. The number of rotatable bonds is 2. The molecule has 0 aliphatic rings. The third kappa shape index (κ3) is 516. The first-order valence-electron chi connectivity index (χ1n) is 1.95. The topological polar surface area (TPSA) is 162 Å². The molecule has 8 N–H and O–H groups in total. The Kier molecular flexibility index (Phi) is 23.8. The summed E-state index contributed by atoms with van der Waals surface area (Å²) in [6.45, 7) is 6.51. The van der Waals surface area contributed by atoms with Gasteiger partial charge in [0.15, 0.2) is 0 Å². The van der Waals surface area contributed by atoms with Crippen molar-refractivity contribution in [2.24, 2.45) is 0 Å². The van der Waals surface area contributed by atoms with E-state index in [1.54, 1.807) is 0 Å². The first-order valence-corrected chi connectivity index (χ1v) is 3.29. The normalized spacial score (nSPS) is 7.17. The van der Waals surface area contributed by atoms with Crippen LogP contribution in [0.2, 0.25) is 0 Å². The van der Waals surface area contributed by atoms with E-state index in [0.29, 0.717) is 0 Å². The van der Waals surface area contributed by atoms with Gasteiger partial charge in [0.1, 0.15) is 0 Å². The SMILES string of the molecule is C=COC=C.O=S(=O)([O-])[O-].[NH4+].[NH4+]. The lowest BCUT2D eigenvalue weighted by Gasteiger charge is -2.06. The monoisotopic (exact) mass is 202 g/mol. The highest BCUT2D eigenvalue weighted by molar-refractivity contribution is 7.79. The van der Waals surface area contributed by atoms with Crippen LogP contribution >= 0.6 is 0 Å². The molecule has 0 aliphatic heterocycles. The van der Waals surface area contributed by atoms with Gasteiger partial charge in [-0.05, 0) is 0 Å². The van der Waals surface area contributed by atoms with Crippen molar-refractivity contribution in [2.75, 3.05) is 0 Å². The summed E-state index contributed by atoms with van der Waals surface area (Å²) in [6, 6.07) is 0. The van der Waals surface area contributed by atoms with Crippen LogP contribution in [0.5, 0.6) is 0 Å². The van der Waals surface area contributed by atoms with Crippen molar-refractivity contribution < 1.29 is 22.3 Å². The first-order chi connectivity index (χ1) is 4.41. The van der Waals surface area contributed by atoms with Gasteiger partial charge in [0.25, 0.3) is 0 Å². The van der Waals surface area contributed by atoms with Crippen LogP contribution in [0.3, 0.4) is 0 Å². The van der Waals surface area contributed by atoms with Crippen molar-refractivity contribution in [2.45, 2.75) is 0 Å². The maximum absolute atomic E-state index is 8.52. The molecule has 0 atom stereocenters. The molecule has 0 bridgehead atoms. The molecule has 0 aliphatic carbocycles. The second kappa shape index (κ2) is 12.7. The summed E-state index contributed by atoms with van der Waals surface area (Å²) in [5.74, 6) is 0. The van der Waals surface area contributed by atoms with E-state index in [2.05, 4.69) is 17.9 Å². The molecule has 0 radical (unpaired) electrons. The Morgan fingerprint density at radius 3 is 1.25 bits per heavy atom. The highest BCUT2D eigenvalue weighted by Crippen LogP contribution is 1.65. The van der Waals surface area contributed by atoms with Crippen LogP contribution in [0.15, 0.2) is 25.7 Å². The maximum atomic E-state index is 8.52. The van der Waals surface area contributed by atoms with E-state index < -0.39 is 10.4 Å². The maximum Gasteiger partial charge on any atom is 0.0829 e. The van der Waals surface area contributed by atoms with E-state index in [1.165, 1.54) is 12.5 Å². The van der Waals surface area contributed by atoms with Crippen LogP contribution < -0.4 is 12.3 Å². The molecular formula is C4H14N2O5S. The fourth-order valence-electron chi connectivity index (χ4n) is 0.0680. The Morgan fingerprint density at radius 1 is 1.08 bits per heavy atom. The Hall–Kier alpha value is -0.930. The minimum absolute atomic E-state index is 0. The number of quaternary nitrogens is 2. The summed E-state index contributed by atoms with van der Waals surface area (Å²) in [5.41, 5.74) is 0. The second-order valence-corrected chi connectivity index (χ2v) is 1.69. The van der Waals surface area contributed by atoms with Crippen LogP contribution in [0.1, 0.15) is 0 Å². The zero-order chi connectivity index (χ0) is 8.62. The van der Waals surface area contributed by atoms with Crippen molar-refractivity contribution >= 4 is 10.4 Å². The van der Waals surface area contributed by atoms with E-state index >= 15 is 0 Å². The quantitative estimate of drug-likeness (QED) is 0.381. The zero-order valence-electron chi connectivity index (χ0n) is 7.02. The van der Waals surface area contributed by atoms with Crippen LogP contribution in [0, 0.1) is 0 Å². The van der Waals surface area contributed by atoms with E-state index in [0.717, 1.165) is 0 Å². The van der Waals surface area contributed by atoms with E-state index in [1.807, 2.05) is 0 Å². The average Bonchev–Trinajstić information content (AvgIpc) is 1.63. The van der Waals surface area contributed by atoms with Gasteiger partial charge in [0.05, 0.1) is 12.5 Å². The summed E-state index contributed by atoms with van der Waals surface area (Å²) in [6.07, 6.45) is 2.62. The highest BCUT2D eigenvalue weighted by Gasteiger charge is 1.49. The summed E-state index contributed by atoms with van der Waals surface area (Å²) in [7, 11) is -5.17. The summed E-state index contributed by atoms with van der Waals surface area (Å²) in [5, 5.41) is 0.